The van der Waals surface area contributed by atoms with Crippen LogP contribution in [0.15, 0.2) is 72.0 Å². The van der Waals surface area contributed by atoms with E-state index < -0.39 is 26.9 Å². The molecule has 2 N–H and O–H groups in total. The van der Waals surface area contributed by atoms with Crippen molar-refractivity contribution in [2.45, 2.75) is 18.0 Å². The lowest BCUT2D eigenvalue weighted by Crippen LogP contribution is -2.09. The summed E-state index contributed by atoms with van der Waals surface area (Å²) in [6, 6.07) is 7.75. The van der Waals surface area contributed by atoms with Gasteiger partial charge in [-0.15, -0.1) is 0 Å². The zero-order valence-corrected chi connectivity index (χ0v) is 20.3. The second-order valence-electron chi connectivity index (χ2n) is 8.18. The van der Waals surface area contributed by atoms with Crippen LogP contribution in [0, 0.1) is 6.92 Å². The molecule has 0 aliphatic carbocycles. The van der Waals surface area contributed by atoms with Gasteiger partial charge in [0, 0.05) is 23.6 Å². The number of hydrogen-bond donors (Lipinski definition) is 2. The summed E-state index contributed by atoms with van der Waals surface area (Å²) >= 11 is 0. The number of alkyl halides is 3. The summed E-state index contributed by atoms with van der Waals surface area (Å²) in [7, 11) is -8.48. The first-order valence-electron chi connectivity index (χ1n) is 10.6. The largest absolute Gasteiger partial charge is 0.494 e. The lowest BCUT2D eigenvalue weighted by atomic mass is 10.2. The molecule has 0 aliphatic heterocycles. The monoisotopic (exact) mass is 565 g/mol. The Balaban J connectivity index is 1.64. The van der Waals surface area contributed by atoms with Crippen molar-refractivity contribution in [1.82, 2.24) is 14.5 Å². The number of imidazole rings is 1. The molecule has 0 atom stereocenters. The Morgan fingerprint density at radius 1 is 0.842 bits per heavy atom. The zero-order chi connectivity index (χ0) is 28.0. The van der Waals surface area contributed by atoms with Crippen LogP contribution in [-0.2, 0) is 6.18 Å². The van der Waals surface area contributed by atoms with Crippen LogP contribution in [0.25, 0.3) is 5.69 Å². The highest BCUT2D eigenvalue weighted by Crippen LogP contribution is 3.02. The Labute approximate surface area is 211 Å². The summed E-state index contributed by atoms with van der Waals surface area (Å²) in [5.74, 6) is -0.263. The number of anilines is 4. The van der Waals surface area contributed by atoms with Crippen molar-refractivity contribution in [3.63, 3.8) is 0 Å². The van der Waals surface area contributed by atoms with Gasteiger partial charge in [-0.3, -0.25) is 0 Å². The highest BCUT2D eigenvalue weighted by atomic mass is 32.5. The van der Waals surface area contributed by atoms with Gasteiger partial charge in [-0.2, -0.15) is 13.2 Å². The smallest absolute Gasteiger partial charge is 0.416 e. The van der Waals surface area contributed by atoms with Gasteiger partial charge >= 0.3 is 16.4 Å². The van der Waals surface area contributed by atoms with Crippen molar-refractivity contribution in [2.24, 2.45) is 0 Å². The summed E-state index contributed by atoms with van der Waals surface area (Å²) in [6.07, 6.45) is -1.47. The van der Waals surface area contributed by atoms with Crippen LogP contribution in [-0.4, -0.2) is 21.6 Å². The third kappa shape index (κ3) is 6.27. The number of hydrogen-bond acceptors (Lipinski definition) is 5. The molecule has 2 aromatic carbocycles. The lowest BCUT2D eigenvalue weighted by molar-refractivity contribution is -0.137. The van der Waals surface area contributed by atoms with Crippen LogP contribution in [0.4, 0.5) is 55.6 Å². The Bertz CT molecular complexity index is 1490. The summed E-state index contributed by atoms with van der Waals surface area (Å²) in [5, 5.41) is 5.16. The average Bonchev–Trinajstić information content (AvgIpc) is 3.23. The van der Waals surface area contributed by atoms with E-state index >= 15 is 0 Å². The van der Waals surface area contributed by atoms with Gasteiger partial charge in [0.25, 0.3) is 0 Å². The molecule has 0 amide bonds. The van der Waals surface area contributed by atoms with E-state index in [0.717, 1.165) is 11.8 Å². The van der Waals surface area contributed by atoms with Crippen molar-refractivity contribution in [2.75, 3.05) is 17.7 Å². The quantitative estimate of drug-likeness (QED) is 0.220. The normalized spacial score (nSPS) is 13.9. The molecule has 38 heavy (non-hydrogen) atoms. The van der Waals surface area contributed by atoms with E-state index in [0.29, 0.717) is 35.3 Å². The molecule has 2 heterocycles. The van der Waals surface area contributed by atoms with Gasteiger partial charge in [0.15, 0.2) is 0 Å². The van der Waals surface area contributed by atoms with Gasteiger partial charge in [-0.05, 0) is 55.5 Å². The number of ether oxygens (including phenoxy) is 1. The van der Waals surface area contributed by atoms with Gasteiger partial charge in [-0.25, -0.2) is 9.97 Å². The molecule has 0 fully saturated rings. The Kier molecular flexibility index (Phi) is 6.05. The topological polar surface area (TPSA) is 64.0 Å². The molecule has 0 unspecified atom stereocenters. The van der Waals surface area contributed by atoms with Crippen LogP contribution in [0.1, 0.15) is 11.3 Å². The Hall–Kier alpha value is -4.01. The first-order chi connectivity index (χ1) is 17.4. The van der Waals surface area contributed by atoms with Crippen molar-refractivity contribution in [1.29, 1.82) is 0 Å². The molecule has 6 nitrogen and oxygen atoms in total. The summed E-state index contributed by atoms with van der Waals surface area (Å²) in [4.78, 5) is 6.04. The molecule has 0 saturated heterocycles. The summed E-state index contributed by atoms with van der Waals surface area (Å²) in [6.45, 7) is 1.80. The van der Waals surface area contributed by atoms with Crippen LogP contribution in [0.3, 0.4) is 0 Å². The Morgan fingerprint density at radius 3 is 1.92 bits per heavy atom. The number of rotatable bonds is 7. The molecule has 4 rings (SSSR count). The van der Waals surface area contributed by atoms with E-state index in [-0.39, 0.29) is 29.5 Å². The number of aromatic nitrogens is 3. The minimum Gasteiger partial charge on any atom is -0.494 e. The van der Waals surface area contributed by atoms with Crippen molar-refractivity contribution < 1.29 is 37.3 Å². The van der Waals surface area contributed by atoms with Crippen LogP contribution < -0.4 is 15.4 Å². The Morgan fingerprint density at radius 2 is 1.42 bits per heavy atom. The number of nitrogens with zero attached hydrogens (tertiary/aromatic N) is 3. The molecule has 15 heteroatoms. The standard InChI is InChI=1S/C23H19F8N5OS/c1-14-12-36(13-32-14)19-8-5-17(11-20(19)37-2)34-22-10-15(23(24,25)26)9-21(35-22)33-16-3-6-18(7-4-16)38(27,28,29,30)31/h3-13H,1-2H3,(H2,33,34,35). The van der Waals surface area contributed by atoms with Crippen molar-refractivity contribution in [3.8, 4) is 11.4 Å². The number of halogens is 8. The van der Waals surface area contributed by atoms with Crippen molar-refractivity contribution in [3.05, 3.63) is 78.4 Å². The maximum absolute atomic E-state index is 13.5. The molecular formula is C23H19F8N5OS. The van der Waals surface area contributed by atoms with Gasteiger partial charge in [0.05, 0.1) is 30.4 Å². The maximum Gasteiger partial charge on any atom is 0.416 e. The fourth-order valence-electron chi connectivity index (χ4n) is 3.44. The van der Waals surface area contributed by atoms with Gasteiger partial charge < -0.3 is 19.9 Å². The molecule has 0 spiro atoms. The number of pyridine rings is 1. The first-order valence-corrected chi connectivity index (χ1v) is 12.5. The van der Waals surface area contributed by atoms with E-state index in [2.05, 4.69) is 20.6 Å². The minimum atomic E-state index is -9.90. The van der Waals surface area contributed by atoms with Crippen LogP contribution in [0.5, 0.6) is 5.75 Å². The predicted molar refractivity (Wildman–Crippen MR) is 128 cm³/mol. The van der Waals surface area contributed by atoms with E-state index in [1.807, 2.05) is 0 Å². The third-order valence-corrected chi connectivity index (χ3v) is 6.33. The molecule has 0 radical (unpaired) electrons. The zero-order valence-electron chi connectivity index (χ0n) is 19.5. The van der Waals surface area contributed by atoms with E-state index in [9.17, 15) is 32.6 Å². The van der Waals surface area contributed by atoms with Gasteiger partial charge in [-0.1, -0.05) is 19.4 Å². The second-order valence-corrected chi connectivity index (χ2v) is 10.6. The molecular weight excluding hydrogens is 546 g/mol. The van der Waals surface area contributed by atoms with Gasteiger partial charge in [0.1, 0.15) is 22.3 Å². The van der Waals surface area contributed by atoms with Crippen molar-refractivity contribution >= 4 is 33.2 Å². The van der Waals surface area contributed by atoms with E-state index in [1.54, 1.807) is 36.1 Å². The number of aryl methyl sites for hydroxylation is 1. The third-order valence-electron chi connectivity index (χ3n) is 5.17. The summed E-state index contributed by atoms with van der Waals surface area (Å²) < 4.78 is 112. The number of methoxy groups -OCH3 is 1. The predicted octanol–water partition coefficient (Wildman–Crippen LogP) is 8.75. The highest BCUT2D eigenvalue weighted by molar-refractivity contribution is 8.45. The fourth-order valence-corrected chi connectivity index (χ4v) is 4.09. The van der Waals surface area contributed by atoms with Crippen LogP contribution >= 0.6 is 10.2 Å². The van der Waals surface area contributed by atoms with Crippen LogP contribution in [0.2, 0.25) is 0 Å². The molecule has 0 aliphatic rings. The second kappa shape index (κ2) is 8.51. The minimum absolute atomic E-state index is 0.145. The molecule has 2 aromatic heterocycles. The average molecular weight is 565 g/mol. The molecule has 204 valence electrons. The first kappa shape index (κ1) is 27.0. The fraction of sp³-hybridized carbons (Fsp3) is 0.130. The van der Waals surface area contributed by atoms with E-state index in [1.165, 1.54) is 13.2 Å². The number of benzene rings is 2. The SMILES string of the molecule is COc1cc(Nc2cc(C(F)(F)F)cc(Nc3ccc(S(F)(F)(F)(F)F)cc3)n2)ccc1-n1cnc(C)c1. The highest BCUT2D eigenvalue weighted by Gasteiger charge is 2.65. The van der Waals surface area contributed by atoms with Gasteiger partial charge in [0.2, 0.25) is 0 Å². The molecule has 0 saturated carbocycles. The maximum atomic E-state index is 13.5. The molecule has 0 bridgehead atoms. The molecule has 4 aromatic rings. The lowest BCUT2D eigenvalue weighted by Gasteiger charge is -2.40. The summed E-state index contributed by atoms with van der Waals surface area (Å²) in [5.41, 5.74) is 0.396. The number of nitrogens with one attached hydrogen (secondary N) is 2. The van der Waals surface area contributed by atoms with E-state index in [4.69, 9.17) is 4.74 Å².